The molecule has 1 saturated carbocycles. The van der Waals surface area contributed by atoms with Gasteiger partial charge in [0, 0.05) is 0 Å². The van der Waals surface area contributed by atoms with E-state index in [0.717, 1.165) is 23.9 Å². The van der Waals surface area contributed by atoms with Gasteiger partial charge in [0.2, 0.25) is 5.95 Å². The van der Waals surface area contributed by atoms with Crippen LogP contribution in [0.3, 0.4) is 0 Å². The van der Waals surface area contributed by atoms with Crippen LogP contribution < -0.4 is 5.32 Å². The lowest BCUT2D eigenvalue weighted by molar-refractivity contribution is 0.467. The molecular formula is C20H18ClFN4. The molecule has 1 aliphatic rings. The molecule has 1 aliphatic carbocycles. The highest BCUT2D eigenvalue weighted by molar-refractivity contribution is 6.30. The van der Waals surface area contributed by atoms with Gasteiger partial charge < -0.3 is 10.3 Å². The Morgan fingerprint density at radius 2 is 2.08 bits per heavy atom. The first-order chi connectivity index (χ1) is 12.7. The van der Waals surface area contributed by atoms with Crippen LogP contribution in [0.2, 0.25) is 5.02 Å². The highest BCUT2D eigenvalue weighted by atomic mass is 35.5. The van der Waals surface area contributed by atoms with E-state index in [9.17, 15) is 9.65 Å². The quantitative estimate of drug-likeness (QED) is 0.632. The molecule has 0 saturated heterocycles. The molecule has 1 heterocycles. The summed E-state index contributed by atoms with van der Waals surface area (Å²) in [7, 11) is 0. The predicted molar refractivity (Wildman–Crippen MR) is 101 cm³/mol. The van der Waals surface area contributed by atoms with Crippen molar-refractivity contribution in [2.24, 2.45) is 5.92 Å². The van der Waals surface area contributed by atoms with Crippen LogP contribution >= 0.6 is 11.6 Å². The molecule has 0 radical (unpaired) electrons. The molecule has 4 nitrogen and oxygen atoms in total. The molecular weight excluding hydrogens is 351 g/mol. The van der Waals surface area contributed by atoms with Crippen LogP contribution in [0, 0.1) is 23.1 Å². The number of aromatic nitrogens is 2. The normalized spacial score (nSPS) is 15.9. The zero-order chi connectivity index (χ0) is 18.1. The number of imidazole rings is 1. The number of rotatable bonds is 4. The number of anilines is 1. The van der Waals surface area contributed by atoms with E-state index in [1.54, 1.807) is 18.2 Å². The number of hydrogen-bond acceptors (Lipinski definition) is 3. The van der Waals surface area contributed by atoms with Crippen LogP contribution in [0.1, 0.15) is 42.9 Å². The molecule has 132 valence electrons. The van der Waals surface area contributed by atoms with Gasteiger partial charge in [0.15, 0.2) is 0 Å². The summed E-state index contributed by atoms with van der Waals surface area (Å²) >= 11 is 6.01. The number of nitrogens with zero attached hydrogens (tertiary/aromatic N) is 2. The molecule has 2 N–H and O–H groups in total. The smallest absolute Gasteiger partial charge is 0.201 e. The highest BCUT2D eigenvalue weighted by Crippen LogP contribution is 2.38. The number of benzene rings is 2. The minimum absolute atomic E-state index is 0.0123. The predicted octanol–water partition coefficient (Wildman–Crippen LogP) is 5.57. The van der Waals surface area contributed by atoms with E-state index in [1.807, 2.05) is 12.1 Å². The maximum atomic E-state index is 13.6. The first kappa shape index (κ1) is 16.9. The van der Waals surface area contributed by atoms with Crippen LogP contribution in [-0.2, 0) is 0 Å². The highest BCUT2D eigenvalue weighted by Gasteiger charge is 2.27. The monoisotopic (exact) mass is 368 g/mol. The minimum Gasteiger partial charge on any atom is -0.349 e. The number of hydrogen-bond donors (Lipinski definition) is 2. The summed E-state index contributed by atoms with van der Waals surface area (Å²) in [5.74, 6) is 0.628. The SMILES string of the molecule is N#Cc1cccc2[nH]c(NC(c3ccc(F)c(Cl)c3)C3CCCC3)nc12. The molecule has 26 heavy (non-hydrogen) atoms. The largest absolute Gasteiger partial charge is 0.349 e. The molecule has 4 rings (SSSR count). The van der Waals surface area contributed by atoms with Gasteiger partial charge in [-0.15, -0.1) is 0 Å². The second-order valence-corrected chi connectivity index (χ2v) is 7.15. The molecule has 1 aromatic heterocycles. The topological polar surface area (TPSA) is 64.5 Å². The minimum atomic E-state index is -0.414. The average molecular weight is 369 g/mol. The van der Waals surface area contributed by atoms with E-state index >= 15 is 0 Å². The molecule has 1 fully saturated rings. The molecule has 3 aromatic rings. The van der Waals surface area contributed by atoms with Gasteiger partial charge in [0.1, 0.15) is 17.4 Å². The van der Waals surface area contributed by atoms with Crippen LogP contribution in [0.25, 0.3) is 11.0 Å². The third-order valence-electron chi connectivity index (χ3n) is 5.10. The van der Waals surface area contributed by atoms with Gasteiger partial charge in [0.25, 0.3) is 0 Å². The lowest BCUT2D eigenvalue weighted by atomic mass is 9.91. The summed E-state index contributed by atoms with van der Waals surface area (Å²) < 4.78 is 13.6. The van der Waals surface area contributed by atoms with Crippen LogP contribution in [-0.4, -0.2) is 9.97 Å². The van der Waals surface area contributed by atoms with Gasteiger partial charge >= 0.3 is 0 Å². The molecule has 6 heteroatoms. The third-order valence-corrected chi connectivity index (χ3v) is 5.39. The molecule has 0 spiro atoms. The van der Waals surface area contributed by atoms with Crippen molar-refractivity contribution in [1.29, 1.82) is 5.26 Å². The average Bonchev–Trinajstić information content (AvgIpc) is 3.30. The molecule has 2 aromatic carbocycles. The standard InChI is InChI=1S/C20H18ClFN4/c21-15-10-13(8-9-16(15)22)18(12-4-1-2-5-12)25-20-24-17-7-3-6-14(11-23)19(17)26-20/h3,6-10,12,18H,1-2,4-5H2,(H2,24,25,26). The Morgan fingerprint density at radius 1 is 1.27 bits per heavy atom. The lowest BCUT2D eigenvalue weighted by Crippen LogP contribution is -2.19. The van der Waals surface area contributed by atoms with E-state index in [4.69, 9.17) is 11.6 Å². The Labute approximate surface area is 156 Å². The number of para-hydroxylation sites is 1. The Morgan fingerprint density at radius 3 is 2.81 bits per heavy atom. The van der Waals surface area contributed by atoms with Crippen molar-refractivity contribution in [3.63, 3.8) is 0 Å². The lowest BCUT2D eigenvalue weighted by Gasteiger charge is -2.25. The van der Waals surface area contributed by atoms with Gasteiger partial charge in [0.05, 0.1) is 22.1 Å². The second-order valence-electron chi connectivity index (χ2n) is 6.74. The van der Waals surface area contributed by atoms with Crippen molar-refractivity contribution < 1.29 is 4.39 Å². The van der Waals surface area contributed by atoms with Gasteiger partial charge in [-0.25, -0.2) is 9.37 Å². The summed E-state index contributed by atoms with van der Waals surface area (Å²) in [5, 5.41) is 12.9. The fourth-order valence-corrected chi connectivity index (χ4v) is 4.00. The van der Waals surface area contributed by atoms with Gasteiger partial charge in [-0.1, -0.05) is 36.6 Å². The molecule has 1 atom stereocenters. The van der Waals surface area contributed by atoms with Crippen LogP contribution in [0.4, 0.5) is 10.3 Å². The van der Waals surface area contributed by atoms with Crippen molar-refractivity contribution in [3.05, 3.63) is 58.4 Å². The zero-order valence-corrected chi connectivity index (χ0v) is 14.9. The molecule has 0 amide bonds. The van der Waals surface area contributed by atoms with Crippen molar-refractivity contribution in [1.82, 2.24) is 9.97 Å². The number of halogens is 2. The molecule has 1 unspecified atom stereocenters. The number of H-pyrrole nitrogens is 1. The summed E-state index contributed by atoms with van der Waals surface area (Å²) in [5.41, 5.74) is 2.95. The summed E-state index contributed by atoms with van der Waals surface area (Å²) in [6, 6.07) is 12.5. The fourth-order valence-electron chi connectivity index (χ4n) is 3.81. The number of nitrogens with one attached hydrogen (secondary N) is 2. The van der Waals surface area contributed by atoms with Crippen molar-refractivity contribution >= 4 is 28.6 Å². The van der Waals surface area contributed by atoms with E-state index < -0.39 is 5.82 Å². The van der Waals surface area contributed by atoms with Crippen LogP contribution in [0.5, 0.6) is 0 Å². The summed E-state index contributed by atoms with van der Waals surface area (Å²) in [4.78, 5) is 7.80. The van der Waals surface area contributed by atoms with Gasteiger partial charge in [-0.2, -0.15) is 5.26 Å². The molecule has 0 aliphatic heterocycles. The molecule has 0 bridgehead atoms. The Bertz CT molecular complexity index is 985. The zero-order valence-electron chi connectivity index (χ0n) is 14.1. The fraction of sp³-hybridized carbons (Fsp3) is 0.300. The van der Waals surface area contributed by atoms with Crippen molar-refractivity contribution in [2.45, 2.75) is 31.7 Å². The van der Waals surface area contributed by atoms with Crippen molar-refractivity contribution in [2.75, 3.05) is 5.32 Å². The number of nitriles is 1. The number of fused-ring (bicyclic) bond motifs is 1. The second kappa shape index (κ2) is 6.97. The Balaban J connectivity index is 1.71. The first-order valence-electron chi connectivity index (χ1n) is 8.76. The van der Waals surface area contributed by atoms with E-state index in [1.165, 1.54) is 18.9 Å². The third kappa shape index (κ3) is 3.13. The summed E-state index contributed by atoms with van der Waals surface area (Å²) in [6.07, 6.45) is 4.60. The van der Waals surface area contributed by atoms with Gasteiger partial charge in [-0.05, 0) is 48.6 Å². The van der Waals surface area contributed by atoms with Crippen LogP contribution in [0.15, 0.2) is 36.4 Å². The van der Waals surface area contributed by atoms with E-state index in [0.29, 0.717) is 22.9 Å². The van der Waals surface area contributed by atoms with Gasteiger partial charge in [-0.3, -0.25) is 0 Å². The maximum absolute atomic E-state index is 13.6. The Hall–Kier alpha value is -2.58. The number of aromatic amines is 1. The summed E-state index contributed by atoms with van der Waals surface area (Å²) in [6.45, 7) is 0. The van der Waals surface area contributed by atoms with E-state index in [2.05, 4.69) is 21.4 Å². The Kier molecular flexibility index (Phi) is 4.52. The maximum Gasteiger partial charge on any atom is 0.201 e. The van der Waals surface area contributed by atoms with Crippen molar-refractivity contribution in [3.8, 4) is 6.07 Å². The first-order valence-corrected chi connectivity index (χ1v) is 9.14. The van der Waals surface area contributed by atoms with E-state index in [-0.39, 0.29) is 11.1 Å².